The number of carbonyl (C=O) groups excluding carboxylic acids is 1. The molecule has 1 atom stereocenters. The van der Waals surface area contributed by atoms with Crippen LogP contribution in [-0.2, 0) is 4.79 Å². The number of ether oxygens (including phenoxy) is 1. The van der Waals surface area contributed by atoms with Gasteiger partial charge in [-0.1, -0.05) is 12.1 Å². The number of methoxy groups -OCH3 is 1. The van der Waals surface area contributed by atoms with Crippen LogP contribution in [0.5, 0.6) is 5.75 Å². The maximum Gasteiger partial charge on any atom is 0.226 e. The van der Waals surface area contributed by atoms with Crippen LogP contribution in [0.25, 0.3) is 0 Å². The van der Waals surface area contributed by atoms with Gasteiger partial charge in [0.2, 0.25) is 5.91 Å². The molecule has 1 aliphatic rings. The van der Waals surface area contributed by atoms with Crippen molar-refractivity contribution >= 4 is 5.91 Å². The Hall–Kier alpha value is -1.55. The van der Waals surface area contributed by atoms with Crippen molar-refractivity contribution in [3.63, 3.8) is 0 Å². The lowest BCUT2D eigenvalue weighted by molar-refractivity contribution is -0.127. The molecule has 1 saturated heterocycles. The van der Waals surface area contributed by atoms with Gasteiger partial charge in [0.05, 0.1) is 19.1 Å². The van der Waals surface area contributed by atoms with Gasteiger partial charge in [0, 0.05) is 13.1 Å². The van der Waals surface area contributed by atoms with Crippen LogP contribution in [0.3, 0.4) is 0 Å². The molecule has 1 fully saturated rings. The van der Waals surface area contributed by atoms with Crippen LogP contribution < -0.4 is 15.4 Å². The number of carbonyl (C=O) groups is 1. The number of rotatable bonds is 4. The zero-order valence-electron chi connectivity index (χ0n) is 10.2. The molecular weight excluding hydrogens is 216 g/mol. The van der Waals surface area contributed by atoms with E-state index in [0.29, 0.717) is 0 Å². The molecule has 1 aliphatic heterocycles. The molecule has 0 aromatic heterocycles. The van der Waals surface area contributed by atoms with Crippen LogP contribution >= 0.6 is 0 Å². The van der Waals surface area contributed by atoms with Crippen molar-refractivity contribution in [3.05, 3.63) is 29.8 Å². The number of benzene rings is 1. The van der Waals surface area contributed by atoms with E-state index >= 15 is 0 Å². The van der Waals surface area contributed by atoms with Crippen molar-refractivity contribution in [1.29, 1.82) is 0 Å². The molecule has 1 aromatic rings. The predicted octanol–water partition coefficient (Wildman–Crippen LogP) is 1.09. The fourth-order valence-corrected chi connectivity index (χ4v) is 1.80. The van der Waals surface area contributed by atoms with E-state index in [0.717, 1.165) is 24.4 Å². The Labute approximate surface area is 101 Å². The summed E-state index contributed by atoms with van der Waals surface area (Å²) in [5.41, 5.74) is 1.06. The van der Waals surface area contributed by atoms with Crippen molar-refractivity contribution in [2.24, 2.45) is 5.92 Å². The molecule has 0 unspecified atom stereocenters. The second-order valence-corrected chi connectivity index (χ2v) is 4.36. The van der Waals surface area contributed by atoms with Gasteiger partial charge in [-0.05, 0) is 24.6 Å². The van der Waals surface area contributed by atoms with Gasteiger partial charge >= 0.3 is 0 Å². The molecule has 0 saturated carbocycles. The van der Waals surface area contributed by atoms with Crippen molar-refractivity contribution in [3.8, 4) is 5.75 Å². The standard InChI is InChI=1S/C13H18N2O2/c1-9(15-13(16)11-7-14-8-11)10-4-3-5-12(6-10)17-2/h3-6,9,11,14H,7-8H2,1-2H3,(H,15,16)/t9-/m0/s1. The molecule has 0 spiro atoms. The van der Waals surface area contributed by atoms with Crippen LogP contribution in [-0.4, -0.2) is 26.1 Å². The molecule has 0 radical (unpaired) electrons. The third kappa shape index (κ3) is 2.77. The molecule has 92 valence electrons. The number of amides is 1. The zero-order chi connectivity index (χ0) is 12.3. The van der Waals surface area contributed by atoms with Gasteiger partial charge in [-0.2, -0.15) is 0 Å². The van der Waals surface area contributed by atoms with Crippen molar-refractivity contribution < 1.29 is 9.53 Å². The SMILES string of the molecule is COc1cccc([C@H](C)NC(=O)C2CNC2)c1. The van der Waals surface area contributed by atoms with Gasteiger partial charge in [-0.15, -0.1) is 0 Å². The van der Waals surface area contributed by atoms with E-state index in [1.165, 1.54) is 0 Å². The summed E-state index contributed by atoms with van der Waals surface area (Å²) in [6, 6.07) is 7.78. The molecule has 0 aliphatic carbocycles. The number of nitrogens with one attached hydrogen (secondary N) is 2. The Balaban J connectivity index is 1.98. The summed E-state index contributed by atoms with van der Waals surface area (Å²) in [5.74, 6) is 1.07. The highest BCUT2D eigenvalue weighted by Gasteiger charge is 2.25. The lowest BCUT2D eigenvalue weighted by Crippen LogP contribution is -2.51. The Morgan fingerprint density at radius 2 is 2.29 bits per heavy atom. The van der Waals surface area contributed by atoms with E-state index < -0.39 is 0 Å². The second kappa shape index (κ2) is 5.19. The fourth-order valence-electron chi connectivity index (χ4n) is 1.80. The topological polar surface area (TPSA) is 50.4 Å². The van der Waals surface area contributed by atoms with Gasteiger partial charge in [-0.25, -0.2) is 0 Å². The summed E-state index contributed by atoms with van der Waals surface area (Å²) >= 11 is 0. The highest BCUT2D eigenvalue weighted by atomic mass is 16.5. The summed E-state index contributed by atoms with van der Waals surface area (Å²) in [5, 5.41) is 6.11. The third-order valence-corrected chi connectivity index (χ3v) is 3.10. The van der Waals surface area contributed by atoms with Crippen LogP contribution in [0.1, 0.15) is 18.5 Å². The Morgan fingerprint density at radius 1 is 1.53 bits per heavy atom. The van der Waals surface area contributed by atoms with Crippen LogP contribution in [0.2, 0.25) is 0 Å². The highest BCUT2D eigenvalue weighted by Crippen LogP contribution is 2.19. The van der Waals surface area contributed by atoms with Gasteiger partial charge < -0.3 is 15.4 Å². The van der Waals surface area contributed by atoms with Gasteiger partial charge in [0.25, 0.3) is 0 Å². The average molecular weight is 234 g/mol. The minimum atomic E-state index is 0.0122. The van der Waals surface area contributed by atoms with Crippen LogP contribution in [0.4, 0.5) is 0 Å². The van der Waals surface area contributed by atoms with Gasteiger partial charge in [0.15, 0.2) is 0 Å². The first-order valence-electron chi connectivity index (χ1n) is 5.85. The zero-order valence-corrected chi connectivity index (χ0v) is 10.2. The molecule has 1 amide bonds. The molecule has 1 aromatic carbocycles. The minimum Gasteiger partial charge on any atom is -0.497 e. The van der Waals surface area contributed by atoms with E-state index in [2.05, 4.69) is 10.6 Å². The normalized spacial score (nSPS) is 17.1. The molecule has 4 heteroatoms. The molecule has 4 nitrogen and oxygen atoms in total. The maximum atomic E-state index is 11.8. The molecule has 1 heterocycles. The Morgan fingerprint density at radius 3 is 2.88 bits per heavy atom. The van der Waals surface area contributed by atoms with Crippen LogP contribution in [0.15, 0.2) is 24.3 Å². The van der Waals surface area contributed by atoms with E-state index in [1.807, 2.05) is 31.2 Å². The first-order chi connectivity index (χ1) is 8.20. The van der Waals surface area contributed by atoms with E-state index in [1.54, 1.807) is 7.11 Å². The summed E-state index contributed by atoms with van der Waals surface area (Å²) in [6.07, 6.45) is 0. The summed E-state index contributed by atoms with van der Waals surface area (Å²) < 4.78 is 5.17. The van der Waals surface area contributed by atoms with Crippen molar-refractivity contribution in [2.45, 2.75) is 13.0 Å². The maximum absolute atomic E-state index is 11.8. The largest absolute Gasteiger partial charge is 0.497 e. The first-order valence-corrected chi connectivity index (χ1v) is 5.85. The molecule has 17 heavy (non-hydrogen) atoms. The van der Waals surface area contributed by atoms with E-state index in [4.69, 9.17) is 4.74 Å². The Kier molecular flexibility index (Phi) is 3.64. The predicted molar refractivity (Wildman–Crippen MR) is 65.9 cm³/mol. The lowest BCUT2D eigenvalue weighted by Gasteiger charge is -2.27. The van der Waals surface area contributed by atoms with Crippen molar-refractivity contribution in [2.75, 3.05) is 20.2 Å². The van der Waals surface area contributed by atoms with Crippen LogP contribution in [0, 0.1) is 5.92 Å². The molecular formula is C13H18N2O2. The molecule has 2 N–H and O–H groups in total. The average Bonchev–Trinajstić information content (AvgIpc) is 2.26. The molecule has 0 bridgehead atoms. The number of hydrogen-bond donors (Lipinski definition) is 2. The highest BCUT2D eigenvalue weighted by molar-refractivity contribution is 5.80. The van der Waals surface area contributed by atoms with E-state index in [-0.39, 0.29) is 17.9 Å². The quantitative estimate of drug-likeness (QED) is 0.820. The minimum absolute atomic E-state index is 0.0122. The monoisotopic (exact) mass is 234 g/mol. The Bertz CT molecular complexity index is 402. The van der Waals surface area contributed by atoms with Gasteiger partial charge in [-0.3, -0.25) is 4.79 Å². The first kappa shape index (κ1) is 11.9. The van der Waals surface area contributed by atoms with Crippen molar-refractivity contribution in [1.82, 2.24) is 10.6 Å². The summed E-state index contributed by atoms with van der Waals surface area (Å²) in [7, 11) is 1.64. The second-order valence-electron chi connectivity index (χ2n) is 4.36. The fraction of sp³-hybridized carbons (Fsp3) is 0.462. The van der Waals surface area contributed by atoms with E-state index in [9.17, 15) is 4.79 Å². The number of hydrogen-bond acceptors (Lipinski definition) is 3. The summed E-state index contributed by atoms with van der Waals surface area (Å²) in [6.45, 7) is 3.56. The summed E-state index contributed by atoms with van der Waals surface area (Å²) in [4.78, 5) is 11.8. The lowest BCUT2D eigenvalue weighted by atomic mass is 10.0. The third-order valence-electron chi connectivity index (χ3n) is 3.10. The smallest absolute Gasteiger partial charge is 0.226 e. The van der Waals surface area contributed by atoms with Gasteiger partial charge in [0.1, 0.15) is 5.75 Å². The molecule has 2 rings (SSSR count).